The van der Waals surface area contributed by atoms with Gasteiger partial charge in [-0.25, -0.2) is 13.1 Å². The molecule has 3 aromatic carbocycles. The molecule has 1 aliphatic rings. The molecular weight excluding hydrogens is 436 g/mol. The van der Waals surface area contributed by atoms with Crippen LogP contribution < -0.4 is 15.8 Å². The van der Waals surface area contributed by atoms with Gasteiger partial charge in [0.05, 0.1) is 4.90 Å². The zero-order valence-electron chi connectivity index (χ0n) is 18.3. The second-order valence-corrected chi connectivity index (χ2v) is 9.86. The number of nitrogens with one attached hydrogen (secondary N) is 3. The van der Waals surface area contributed by atoms with Gasteiger partial charge in [0.1, 0.15) is 0 Å². The fourth-order valence-electron chi connectivity index (χ4n) is 4.16. The van der Waals surface area contributed by atoms with Gasteiger partial charge in [-0.15, -0.1) is 0 Å². The highest BCUT2D eigenvalue weighted by molar-refractivity contribution is 7.89. The van der Waals surface area contributed by atoms with Crippen LogP contribution >= 0.6 is 0 Å². The molecule has 33 heavy (non-hydrogen) atoms. The summed E-state index contributed by atoms with van der Waals surface area (Å²) in [5, 5.41) is 11.6. The fraction of sp³-hybridized carbons (Fsp3) is 0.200. The van der Waals surface area contributed by atoms with Crippen LogP contribution in [-0.4, -0.2) is 26.6 Å². The number of amides is 1. The Kier molecular flexibility index (Phi) is 6.31. The summed E-state index contributed by atoms with van der Waals surface area (Å²) >= 11 is 0. The quantitative estimate of drug-likeness (QED) is 0.412. The number of carbonyl (C=O) groups excluding carboxylic acids is 1. The molecule has 1 atom stereocenters. The summed E-state index contributed by atoms with van der Waals surface area (Å²) in [5.74, 6) is -0.252. The monoisotopic (exact) mass is 462 g/mol. The molecule has 8 heteroatoms. The first-order valence-electron chi connectivity index (χ1n) is 10.7. The SMILES string of the molecule is Cc1ccccc1C(=O)Nc1ccc(S(=O)(=O)NC2CCC(N)=C(C=N)C2)c2ccccc12. The predicted octanol–water partition coefficient (Wildman–Crippen LogP) is 4.09. The van der Waals surface area contributed by atoms with Gasteiger partial charge in [-0.2, -0.15) is 0 Å². The normalized spacial score (nSPS) is 16.6. The molecule has 4 rings (SSSR count). The van der Waals surface area contributed by atoms with Crippen molar-refractivity contribution in [1.82, 2.24) is 4.72 Å². The first kappa shape index (κ1) is 22.7. The van der Waals surface area contributed by atoms with E-state index in [9.17, 15) is 13.2 Å². The zero-order valence-corrected chi connectivity index (χ0v) is 19.1. The van der Waals surface area contributed by atoms with Crippen LogP contribution in [0.1, 0.15) is 35.2 Å². The lowest BCUT2D eigenvalue weighted by molar-refractivity contribution is 0.102. The van der Waals surface area contributed by atoms with E-state index in [1.165, 1.54) is 12.3 Å². The second-order valence-electron chi connectivity index (χ2n) is 8.18. The number of allylic oxidation sites excluding steroid dienone is 1. The molecule has 170 valence electrons. The largest absolute Gasteiger partial charge is 0.402 e. The third-order valence-corrected chi connectivity index (χ3v) is 7.53. The number of nitrogens with two attached hydrogens (primary N) is 1. The maximum atomic E-state index is 13.3. The highest BCUT2D eigenvalue weighted by atomic mass is 32.2. The van der Waals surface area contributed by atoms with Crippen molar-refractivity contribution in [3.05, 3.63) is 83.1 Å². The van der Waals surface area contributed by atoms with Crippen LogP contribution in [0.15, 0.2) is 76.8 Å². The van der Waals surface area contributed by atoms with Gasteiger partial charge in [-0.05, 0) is 55.5 Å². The molecule has 0 bridgehead atoms. The molecule has 0 saturated heterocycles. The van der Waals surface area contributed by atoms with E-state index in [1.54, 1.807) is 42.5 Å². The van der Waals surface area contributed by atoms with Gasteiger partial charge in [0.15, 0.2) is 0 Å². The molecule has 0 saturated carbocycles. The average Bonchev–Trinajstić information content (AvgIpc) is 2.80. The van der Waals surface area contributed by atoms with Crippen molar-refractivity contribution in [3.63, 3.8) is 0 Å². The summed E-state index contributed by atoms with van der Waals surface area (Å²) in [5.41, 5.74) is 9.18. The van der Waals surface area contributed by atoms with Crippen LogP contribution in [0.2, 0.25) is 0 Å². The third-order valence-electron chi connectivity index (χ3n) is 5.95. The number of fused-ring (bicyclic) bond motifs is 1. The van der Waals surface area contributed by atoms with Crippen LogP contribution in [0.4, 0.5) is 5.69 Å². The summed E-state index contributed by atoms with van der Waals surface area (Å²) in [4.78, 5) is 13.0. The highest BCUT2D eigenvalue weighted by Gasteiger charge is 2.26. The second kappa shape index (κ2) is 9.17. The Bertz CT molecular complexity index is 1380. The van der Waals surface area contributed by atoms with Crippen LogP contribution in [0.5, 0.6) is 0 Å². The van der Waals surface area contributed by atoms with E-state index in [-0.39, 0.29) is 16.8 Å². The molecule has 0 fully saturated rings. The Morgan fingerprint density at radius 1 is 1.06 bits per heavy atom. The lowest BCUT2D eigenvalue weighted by atomic mass is 9.93. The summed E-state index contributed by atoms with van der Waals surface area (Å²) < 4.78 is 29.3. The molecule has 5 N–H and O–H groups in total. The van der Waals surface area contributed by atoms with Crippen LogP contribution in [0.3, 0.4) is 0 Å². The Hall–Kier alpha value is -3.49. The Morgan fingerprint density at radius 3 is 2.48 bits per heavy atom. The summed E-state index contributed by atoms with van der Waals surface area (Å²) in [6.07, 6.45) is 2.70. The van der Waals surface area contributed by atoms with Gasteiger partial charge in [-0.3, -0.25) is 4.79 Å². The van der Waals surface area contributed by atoms with E-state index in [0.29, 0.717) is 52.6 Å². The molecule has 0 spiro atoms. The van der Waals surface area contributed by atoms with Gasteiger partial charge in [0.25, 0.3) is 5.91 Å². The number of anilines is 1. The van der Waals surface area contributed by atoms with Crippen molar-refractivity contribution < 1.29 is 13.2 Å². The van der Waals surface area contributed by atoms with Crippen molar-refractivity contribution in [3.8, 4) is 0 Å². The fourth-order valence-corrected chi connectivity index (χ4v) is 5.64. The maximum absolute atomic E-state index is 13.3. The van der Waals surface area contributed by atoms with E-state index in [2.05, 4.69) is 10.0 Å². The predicted molar refractivity (Wildman–Crippen MR) is 131 cm³/mol. The molecule has 0 radical (unpaired) electrons. The molecule has 1 amide bonds. The van der Waals surface area contributed by atoms with Crippen molar-refractivity contribution in [1.29, 1.82) is 5.41 Å². The molecule has 7 nitrogen and oxygen atoms in total. The van der Waals surface area contributed by atoms with E-state index >= 15 is 0 Å². The van der Waals surface area contributed by atoms with Crippen molar-refractivity contribution in [2.45, 2.75) is 37.1 Å². The van der Waals surface area contributed by atoms with Crippen LogP contribution in [0, 0.1) is 12.3 Å². The number of hydrogen-bond donors (Lipinski definition) is 4. The highest BCUT2D eigenvalue weighted by Crippen LogP contribution is 2.31. The molecule has 0 aliphatic heterocycles. The third kappa shape index (κ3) is 4.67. The first-order chi connectivity index (χ1) is 15.8. The van der Waals surface area contributed by atoms with E-state index < -0.39 is 10.0 Å². The Morgan fingerprint density at radius 2 is 1.76 bits per heavy atom. The number of hydrogen-bond acceptors (Lipinski definition) is 5. The van der Waals surface area contributed by atoms with Crippen molar-refractivity contribution in [2.75, 3.05) is 5.32 Å². The number of rotatable bonds is 6. The lowest BCUT2D eigenvalue weighted by Crippen LogP contribution is -2.37. The molecule has 3 aromatic rings. The minimum Gasteiger partial charge on any atom is -0.402 e. The number of carbonyl (C=O) groups is 1. The zero-order chi connectivity index (χ0) is 23.6. The minimum absolute atomic E-state index is 0.144. The van der Waals surface area contributed by atoms with E-state index in [4.69, 9.17) is 11.1 Å². The van der Waals surface area contributed by atoms with Gasteiger partial charge in [-0.1, -0.05) is 42.5 Å². The van der Waals surface area contributed by atoms with Gasteiger partial charge in [0, 0.05) is 40.0 Å². The van der Waals surface area contributed by atoms with E-state index in [1.807, 2.05) is 19.1 Å². The maximum Gasteiger partial charge on any atom is 0.255 e. The first-order valence-corrected chi connectivity index (χ1v) is 12.2. The summed E-state index contributed by atoms with van der Waals surface area (Å²) in [6.45, 7) is 1.87. The topological polar surface area (TPSA) is 125 Å². The smallest absolute Gasteiger partial charge is 0.255 e. The standard InChI is InChI=1S/C25H26N4O3S/c1-16-6-2-3-7-19(16)25(30)28-23-12-13-24(21-9-5-4-8-20(21)23)33(31,32)29-18-10-11-22(27)17(14-18)15-26/h2-9,12-13,15,18,26,29H,10-11,14,27H2,1H3,(H,28,30). The molecule has 1 unspecified atom stereocenters. The van der Waals surface area contributed by atoms with Crippen molar-refractivity contribution >= 4 is 38.6 Å². The van der Waals surface area contributed by atoms with Gasteiger partial charge in [0.2, 0.25) is 10.0 Å². The van der Waals surface area contributed by atoms with Gasteiger partial charge < -0.3 is 16.5 Å². The molecule has 1 aliphatic carbocycles. The van der Waals surface area contributed by atoms with Crippen LogP contribution in [0.25, 0.3) is 10.8 Å². The van der Waals surface area contributed by atoms with E-state index in [0.717, 1.165) is 5.56 Å². The summed E-state index contributed by atoms with van der Waals surface area (Å²) in [6, 6.07) is 17.2. The number of aryl methyl sites for hydroxylation is 1. The molecule has 0 aromatic heterocycles. The van der Waals surface area contributed by atoms with Gasteiger partial charge >= 0.3 is 0 Å². The summed E-state index contributed by atoms with van der Waals surface area (Å²) in [7, 11) is -3.84. The molecule has 0 heterocycles. The minimum atomic E-state index is -3.84. The van der Waals surface area contributed by atoms with Crippen LogP contribution in [-0.2, 0) is 10.0 Å². The Balaban J connectivity index is 1.66. The number of sulfonamides is 1. The number of benzene rings is 3. The lowest BCUT2D eigenvalue weighted by Gasteiger charge is -2.25. The Labute approximate surface area is 193 Å². The molecular formula is C25H26N4O3S. The van der Waals surface area contributed by atoms with Crippen molar-refractivity contribution in [2.24, 2.45) is 5.73 Å². The average molecular weight is 463 g/mol.